The summed E-state index contributed by atoms with van der Waals surface area (Å²) in [6.07, 6.45) is 2.58. The minimum atomic E-state index is -0.198. The molecule has 3 heterocycles. The molecule has 10 nitrogen and oxygen atoms in total. The highest BCUT2D eigenvalue weighted by Crippen LogP contribution is 2.23. The molecule has 2 aliphatic heterocycles. The third kappa shape index (κ3) is 7.13. The van der Waals surface area contributed by atoms with E-state index in [-0.39, 0.29) is 24.5 Å². The lowest BCUT2D eigenvalue weighted by atomic mass is 10.1. The van der Waals surface area contributed by atoms with Crippen LogP contribution >= 0.6 is 0 Å². The molecular weight excluding hydrogens is 522 g/mol. The third-order valence-electron chi connectivity index (χ3n) is 7.59. The summed E-state index contributed by atoms with van der Waals surface area (Å²) >= 11 is 0. The largest absolute Gasteiger partial charge is 0.497 e. The fourth-order valence-electron chi connectivity index (χ4n) is 5.26. The average molecular weight is 560 g/mol. The number of amides is 2. The predicted molar refractivity (Wildman–Crippen MR) is 155 cm³/mol. The van der Waals surface area contributed by atoms with Gasteiger partial charge < -0.3 is 28.9 Å². The summed E-state index contributed by atoms with van der Waals surface area (Å²) < 4.78 is 16.3. The molecule has 2 amide bonds. The van der Waals surface area contributed by atoms with Crippen LogP contribution in [-0.4, -0.2) is 98.0 Å². The van der Waals surface area contributed by atoms with E-state index in [9.17, 15) is 9.59 Å². The monoisotopic (exact) mass is 559 g/mol. The van der Waals surface area contributed by atoms with Gasteiger partial charge in [0.25, 0.3) is 5.91 Å². The van der Waals surface area contributed by atoms with Crippen LogP contribution in [0.3, 0.4) is 0 Å². The molecule has 2 aromatic carbocycles. The summed E-state index contributed by atoms with van der Waals surface area (Å²) in [5, 5.41) is 8.91. The molecule has 2 aliphatic rings. The number of ether oxygens (including phenoxy) is 3. The fraction of sp³-hybridized carbons (Fsp3) is 0.419. The first kappa shape index (κ1) is 28.4. The minimum Gasteiger partial charge on any atom is -0.497 e. The van der Waals surface area contributed by atoms with Crippen molar-refractivity contribution in [2.75, 3.05) is 65.0 Å². The second-order valence-electron chi connectivity index (χ2n) is 10.3. The molecule has 41 heavy (non-hydrogen) atoms. The molecule has 5 rings (SSSR count). The highest BCUT2D eigenvalue weighted by molar-refractivity contribution is 5.97. The smallest absolute Gasteiger partial charge is 0.254 e. The van der Waals surface area contributed by atoms with Gasteiger partial charge in [-0.25, -0.2) is 0 Å². The van der Waals surface area contributed by atoms with Crippen molar-refractivity contribution in [3.05, 3.63) is 66.2 Å². The van der Waals surface area contributed by atoms with E-state index < -0.39 is 0 Å². The molecule has 0 aliphatic carbocycles. The van der Waals surface area contributed by atoms with Crippen LogP contribution in [0.5, 0.6) is 11.5 Å². The molecule has 2 fully saturated rings. The van der Waals surface area contributed by atoms with Gasteiger partial charge in [-0.15, -0.1) is 10.2 Å². The number of hydrogen-bond acceptors (Lipinski definition) is 8. The Morgan fingerprint density at radius 2 is 1.76 bits per heavy atom. The van der Waals surface area contributed by atoms with E-state index in [1.165, 1.54) is 0 Å². The molecule has 1 atom stereocenters. The summed E-state index contributed by atoms with van der Waals surface area (Å²) in [5.41, 5.74) is 2.25. The second-order valence-corrected chi connectivity index (χ2v) is 10.3. The zero-order valence-electron chi connectivity index (χ0n) is 23.7. The van der Waals surface area contributed by atoms with Crippen molar-refractivity contribution in [2.45, 2.75) is 25.4 Å². The van der Waals surface area contributed by atoms with Crippen molar-refractivity contribution in [1.82, 2.24) is 20.0 Å². The van der Waals surface area contributed by atoms with Gasteiger partial charge in [0.15, 0.2) is 5.82 Å². The molecule has 10 heteroatoms. The number of aromatic nitrogens is 2. The molecule has 0 saturated carbocycles. The molecule has 0 bridgehead atoms. The predicted octanol–water partition coefficient (Wildman–Crippen LogP) is 3.52. The summed E-state index contributed by atoms with van der Waals surface area (Å²) in [7, 11) is 3.21. The van der Waals surface area contributed by atoms with Crippen LogP contribution in [0.2, 0.25) is 0 Å². The molecule has 0 N–H and O–H groups in total. The van der Waals surface area contributed by atoms with Gasteiger partial charge in [-0.05, 0) is 73.9 Å². The molecule has 0 spiro atoms. The van der Waals surface area contributed by atoms with E-state index in [2.05, 4.69) is 15.1 Å². The summed E-state index contributed by atoms with van der Waals surface area (Å²) in [6, 6.07) is 18.7. The number of carbonyl (C=O) groups excluding carboxylic acids is 2. The van der Waals surface area contributed by atoms with Gasteiger partial charge >= 0.3 is 0 Å². The van der Waals surface area contributed by atoms with E-state index in [0.29, 0.717) is 44.1 Å². The SMILES string of the molecule is COc1ccc(-c2ccc(N3CCCN(C(=O)CN(CC4CCCO4)C(=O)c4cccc(OC)c4)CC3)nn2)cc1. The van der Waals surface area contributed by atoms with Gasteiger partial charge in [0.05, 0.1) is 26.0 Å². The Morgan fingerprint density at radius 3 is 2.46 bits per heavy atom. The first-order valence-corrected chi connectivity index (χ1v) is 14.1. The van der Waals surface area contributed by atoms with Gasteiger partial charge in [0, 0.05) is 50.5 Å². The van der Waals surface area contributed by atoms with E-state index in [4.69, 9.17) is 14.2 Å². The molecule has 216 valence electrons. The molecule has 1 unspecified atom stereocenters. The van der Waals surface area contributed by atoms with Crippen molar-refractivity contribution >= 4 is 17.6 Å². The molecule has 1 aromatic heterocycles. The zero-order valence-corrected chi connectivity index (χ0v) is 23.7. The number of methoxy groups -OCH3 is 2. The quantitative estimate of drug-likeness (QED) is 0.393. The third-order valence-corrected chi connectivity index (χ3v) is 7.59. The molecule has 2 saturated heterocycles. The average Bonchev–Trinajstić information content (AvgIpc) is 3.41. The van der Waals surface area contributed by atoms with Gasteiger partial charge in [-0.1, -0.05) is 6.07 Å². The Balaban J connectivity index is 1.22. The van der Waals surface area contributed by atoms with E-state index in [0.717, 1.165) is 48.6 Å². The second kappa shape index (κ2) is 13.5. The van der Waals surface area contributed by atoms with Gasteiger partial charge in [-0.2, -0.15) is 0 Å². The summed E-state index contributed by atoms with van der Waals surface area (Å²) in [4.78, 5) is 32.6. The summed E-state index contributed by atoms with van der Waals surface area (Å²) in [6.45, 7) is 3.64. The van der Waals surface area contributed by atoms with Crippen LogP contribution in [0.4, 0.5) is 5.82 Å². The number of anilines is 1. The zero-order chi connectivity index (χ0) is 28.6. The summed E-state index contributed by atoms with van der Waals surface area (Å²) in [5.74, 6) is 1.91. The maximum atomic E-state index is 13.5. The Bertz CT molecular complexity index is 1310. The highest BCUT2D eigenvalue weighted by atomic mass is 16.5. The first-order valence-electron chi connectivity index (χ1n) is 14.1. The lowest BCUT2D eigenvalue weighted by Gasteiger charge is -2.28. The van der Waals surface area contributed by atoms with Crippen molar-refractivity contribution < 1.29 is 23.8 Å². The van der Waals surface area contributed by atoms with Crippen LogP contribution < -0.4 is 14.4 Å². The van der Waals surface area contributed by atoms with Crippen LogP contribution in [-0.2, 0) is 9.53 Å². The first-order chi connectivity index (χ1) is 20.0. The fourth-order valence-corrected chi connectivity index (χ4v) is 5.26. The van der Waals surface area contributed by atoms with Crippen molar-refractivity contribution in [3.63, 3.8) is 0 Å². The van der Waals surface area contributed by atoms with Crippen molar-refractivity contribution in [3.8, 4) is 22.8 Å². The van der Waals surface area contributed by atoms with Crippen LogP contribution in [0.1, 0.15) is 29.6 Å². The topological polar surface area (TPSA) is 97.3 Å². The maximum Gasteiger partial charge on any atom is 0.254 e. The van der Waals surface area contributed by atoms with E-state index in [1.54, 1.807) is 43.4 Å². The van der Waals surface area contributed by atoms with Crippen LogP contribution in [0, 0.1) is 0 Å². The molecule has 0 radical (unpaired) electrons. The Labute approximate surface area is 240 Å². The standard InChI is InChI=1S/C31H37N5O5/c1-39-25-11-9-23(10-12-25)28-13-14-29(33-32-28)34-15-5-16-35(18-17-34)30(37)22-36(21-27-8-4-19-41-27)31(38)24-6-3-7-26(20-24)40-2/h3,6-7,9-14,20,27H,4-5,8,15-19,21-22H2,1-2H3. The van der Waals surface area contributed by atoms with Crippen LogP contribution in [0.15, 0.2) is 60.7 Å². The lowest BCUT2D eigenvalue weighted by Crippen LogP contribution is -2.46. The number of nitrogens with zero attached hydrogens (tertiary/aromatic N) is 5. The number of hydrogen-bond donors (Lipinski definition) is 0. The van der Waals surface area contributed by atoms with Gasteiger partial charge in [-0.3, -0.25) is 9.59 Å². The van der Waals surface area contributed by atoms with Crippen molar-refractivity contribution in [2.24, 2.45) is 0 Å². The highest BCUT2D eigenvalue weighted by Gasteiger charge is 2.28. The lowest BCUT2D eigenvalue weighted by molar-refractivity contribution is -0.132. The Kier molecular flexibility index (Phi) is 9.30. The number of rotatable bonds is 9. The molecular formula is C31H37N5O5. The maximum absolute atomic E-state index is 13.5. The number of benzene rings is 2. The Hall–Kier alpha value is -4.18. The van der Waals surface area contributed by atoms with Crippen molar-refractivity contribution in [1.29, 1.82) is 0 Å². The number of carbonyl (C=O) groups is 2. The van der Waals surface area contributed by atoms with Crippen LogP contribution in [0.25, 0.3) is 11.3 Å². The van der Waals surface area contributed by atoms with E-state index in [1.807, 2.05) is 41.3 Å². The van der Waals surface area contributed by atoms with E-state index >= 15 is 0 Å². The normalized spacial score (nSPS) is 17.2. The molecule has 3 aromatic rings. The van der Waals surface area contributed by atoms with Gasteiger partial charge in [0.1, 0.15) is 18.0 Å². The minimum absolute atomic E-state index is 0.00622. The van der Waals surface area contributed by atoms with Gasteiger partial charge in [0.2, 0.25) is 5.91 Å². The Morgan fingerprint density at radius 1 is 0.927 bits per heavy atom.